The number of ether oxygens (including phenoxy) is 1. The van der Waals surface area contributed by atoms with Crippen LogP contribution in [0.5, 0.6) is 0 Å². The molecule has 106 valence electrons. The third-order valence-electron chi connectivity index (χ3n) is 2.40. The van der Waals surface area contributed by atoms with Crippen LogP contribution in [0.3, 0.4) is 0 Å². The number of amides is 1. The van der Waals surface area contributed by atoms with Gasteiger partial charge < -0.3 is 14.5 Å². The average Bonchev–Trinajstić information content (AvgIpc) is 3.06. The molecule has 2 rings (SSSR count). The summed E-state index contributed by atoms with van der Waals surface area (Å²) in [6.45, 7) is 1.83. The predicted octanol–water partition coefficient (Wildman–Crippen LogP) is 1.45. The maximum atomic E-state index is 11.5. The van der Waals surface area contributed by atoms with E-state index in [4.69, 9.17) is 9.15 Å². The van der Waals surface area contributed by atoms with Crippen molar-refractivity contribution in [3.63, 3.8) is 0 Å². The van der Waals surface area contributed by atoms with E-state index in [1.807, 2.05) is 6.92 Å². The van der Waals surface area contributed by atoms with Crippen LogP contribution in [0, 0.1) is 6.92 Å². The predicted molar refractivity (Wildman–Crippen MR) is 72.1 cm³/mol. The molecule has 6 nitrogen and oxygen atoms in total. The Morgan fingerprint density at radius 1 is 1.50 bits per heavy atom. The second-order valence-corrected chi connectivity index (χ2v) is 5.11. The standard InChI is InChI=1S/C13H14N2O4S/c1-9-15-10(8-20-9)5-13(17)19-7-12(16)14-6-11-3-2-4-18-11/h2-4,8H,5-7H2,1H3,(H,14,16). The highest BCUT2D eigenvalue weighted by atomic mass is 32.1. The molecule has 1 N–H and O–H groups in total. The molecule has 20 heavy (non-hydrogen) atoms. The minimum atomic E-state index is -0.469. The van der Waals surface area contributed by atoms with Gasteiger partial charge in [-0.3, -0.25) is 9.59 Å². The topological polar surface area (TPSA) is 81.4 Å². The quantitative estimate of drug-likeness (QED) is 0.815. The van der Waals surface area contributed by atoms with E-state index in [1.54, 1.807) is 17.5 Å². The highest BCUT2D eigenvalue weighted by molar-refractivity contribution is 7.09. The largest absolute Gasteiger partial charge is 0.467 e. The van der Waals surface area contributed by atoms with E-state index < -0.39 is 5.97 Å². The fourth-order valence-corrected chi connectivity index (χ4v) is 2.10. The molecular weight excluding hydrogens is 280 g/mol. The van der Waals surface area contributed by atoms with E-state index in [2.05, 4.69) is 10.3 Å². The third-order valence-corrected chi connectivity index (χ3v) is 3.22. The van der Waals surface area contributed by atoms with Gasteiger partial charge in [0.1, 0.15) is 5.76 Å². The smallest absolute Gasteiger partial charge is 0.312 e. The molecule has 0 aromatic carbocycles. The van der Waals surface area contributed by atoms with E-state index >= 15 is 0 Å². The first-order valence-electron chi connectivity index (χ1n) is 5.99. The summed E-state index contributed by atoms with van der Waals surface area (Å²) in [6, 6.07) is 3.48. The van der Waals surface area contributed by atoms with Crippen LogP contribution >= 0.6 is 11.3 Å². The number of esters is 1. The first kappa shape index (κ1) is 14.3. The Bertz CT molecular complexity index is 577. The lowest BCUT2D eigenvalue weighted by Gasteiger charge is -2.04. The Labute approximate surface area is 119 Å². The van der Waals surface area contributed by atoms with Gasteiger partial charge in [0.2, 0.25) is 0 Å². The summed E-state index contributed by atoms with van der Waals surface area (Å²) in [5.74, 6) is -0.199. The van der Waals surface area contributed by atoms with Gasteiger partial charge in [0.25, 0.3) is 5.91 Å². The number of thiazole rings is 1. The Hall–Kier alpha value is -2.15. The lowest BCUT2D eigenvalue weighted by atomic mass is 10.3. The van der Waals surface area contributed by atoms with Crippen molar-refractivity contribution in [1.82, 2.24) is 10.3 Å². The number of carbonyl (C=O) groups is 2. The van der Waals surface area contributed by atoms with Gasteiger partial charge in [-0.2, -0.15) is 0 Å². The van der Waals surface area contributed by atoms with Crippen LogP contribution < -0.4 is 5.32 Å². The van der Waals surface area contributed by atoms with Crippen LogP contribution in [0.15, 0.2) is 28.2 Å². The van der Waals surface area contributed by atoms with Gasteiger partial charge in [0.05, 0.1) is 29.9 Å². The lowest BCUT2D eigenvalue weighted by Crippen LogP contribution is -2.28. The maximum Gasteiger partial charge on any atom is 0.312 e. The Kier molecular flexibility index (Phi) is 4.89. The van der Waals surface area contributed by atoms with Gasteiger partial charge in [0.15, 0.2) is 6.61 Å². The molecule has 0 unspecified atom stereocenters. The number of aryl methyl sites for hydroxylation is 1. The first-order chi connectivity index (χ1) is 9.63. The normalized spacial score (nSPS) is 10.2. The van der Waals surface area contributed by atoms with E-state index in [0.717, 1.165) is 5.01 Å². The first-order valence-corrected chi connectivity index (χ1v) is 6.87. The number of carbonyl (C=O) groups excluding carboxylic acids is 2. The Balaban J connectivity index is 1.66. The summed E-state index contributed by atoms with van der Waals surface area (Å²) in [5, 5.41) is 5.28. The molecule has 0 aliphatic rings. The second kappa shape index (κ2) is 6.85. The summed E-state index contributed by atoms with van der Waals surface area (Å²) < 4.78 is 9.93. The monoisotopic (exact) mass is 294 g/mol. The number of hydrogen-bond donors (Lipinski definition) is 1. The minimum absolute atomic E-state index is 0.0792. The van der Waals surface area contributed by atoms with Crippen LogP contribution in [0.25, 0.3) is 0 Å². The summed E-state index contributed by atoms with van der Waals surface area (Å²) in [7, 11) is 0. The van der Waals surface area contributed by atoms with E-state index in [9.17, 15) is 9.59 Å². The molecule has 0 radical (unpaired) electrons. The molecule has 0 spiro atoms. The van der Waals surface area contributed by atoms with Crippen molar-refractivity contribution in [3.8, 4) is 0 Å². The molecule has 2 aromatic rings. The molecule has 0 aliphatic carbocycles. The molecule has 0 aliphatic heterocycles. The molecule has 2 heterocycles. The molecule has 1 amide bonds. The van der Waals surface area contributed by atoms with Gasteiger partial charge in [-0.05, 0) is 19.1 Å². The van der Waals surface area contributed by atoms with Crippen molar-refractivity contribution in [3.05, 3.63) is 40.2 Å². The number of nitrogens with one attached hydrogen (secondary N) is 1. The molecule has 0 atom stereocenters. The zero-order valence-electron chi connectivity index (χ0n) is 10.9. The maximum absolute atomic E-state index is 11.5. The van der Waals surface area contributed by atoms with Gasteiger partial charge >= 0.3 is 5.97 Å². The average molecular weight is 294 g/mol. The van der Waals surface area contributed by atoms with E-state index in [0.29, 0.717) is 11.5 Å². The zero-order valence-corrected chi connectivity index (χ0v) is 11.7. The number of hydrogen-bond acceptors (Lipinski definition) is 6. The molecule has 0 saturated heterocycles. The van der Waals surface area contributed by atoms with Gasteiger partial charge in [-0.15, -0.1) is 11.3 Å². The summed E-state index contributed by atoms with van der Waals surface area (Å²) >= 11 is 1.47. The molecule has 0 fully saturated rings. The highest BCUT2D eigenvalue weighted by Crippen LogP contribution is 2.08. The second-order valence-electron chi connectivity index (χ2n) is 4.05. The van der Waals surface area contributed by atoms with E-state index in [-0.39, 0.29) is 25.5 Å². The van der Waals surface area contributed by atoms with Gasteiger partial charge in [-0.25, -0.2) is 4.98 Å². The fraction of sp³-hybridized carbons (Fsp3) is 0.308. The number of nitrogens with zero attached hydrogens (tertiary/aromatic N) is 1. The van der Waals surface area contributed by atoms with Crippen LogP contribution in [-0.2, 0) is 27.3 Å². The summed E-state index contributed by atoms with van der Waals surface area (Å²) in [6.07, 6.45) is 1.60. The summed E-state index contributed by atoms with van der Waals surface area (Å²) in [4.78, 5) is 27.1. The van der Waals surface area contributed by atoms with Crippen molar-refractivity contribution < 1.29 is 18.7 Å². The van der Waals surface area contributed by atoms with Crippen LogP contribution in [0.4, 0.5) is 0 Å². The van der Waals surface area contributed by atoms with Crippen molar-refractivity contribution in [2.75, 3.05) is 6.61 Å². The minimum Gasteiger partial charge on any atom is -0.467 e. The van der Waals surface area contributed by atoms with Crippen molar-refractivity contribution in [2.45, 2.75) is 19.9 Å². The Morgan fingerprint density at radius 2 is 2.35 bits per heavy atom. The molecule has 0 saturated carbocycles. The van der Waals surface area contributed by atoms with E-state index in [1.165, 1.54) is 17.6 Å². The number of rotatable bonds is 6. The Morgan fingerprint density at radius 3 is 3.00 bits per heavy atom. The van der Waals surface area contributed by atoms with Crippen molar-refractivity contribution >= 4 is 23.2 Å². The zero-order chi connectivity index (χ0) is 14.4. The van der Waals surface area contributed by atoms with Crippen molar-refractivity contribution in [2.24, 2.45) is 0 Å². The fourth-order valence-electron chi connectivity index (χ4n) is 1.48. The SMILES string of the molecule is Cc1nc(CC(=O)OCC(=O)NCc2ccco2)cs1. The molecule has 0 bridgehead atoms. The third kappa shape index (κ3) is 4.51. The van der Waals surface area contributed by atoms with Crippen LogP contribution in [0.2, 0.25) is 0 Å². The van der Waals surface area contributed by atoms with Crippen LogP contribution in [-0.4, -0.2) is 23.5 Å². The summed E-state index contributed by atoms with van der Waals surface area (Å²) in [5.41, 5.74) is 0.661. The lowest BCUT2D eigenvalue weighted by molar-refractivity contribution is -0.148. The number of furan rings is 1. The van der Waals surface area contributed by atoms with Gasteiger partial charge in [-0.1, -0.05) is 0 Å². The van der Waals surface area contributed by atoms with Crippen LogP contribution in [0.1, 0.15) is 16.5 Å². The molecular formula is C13H14N2O4S. The van der Waals surface area contributed by atoms with Gasteiger partial charge in [0, 0.05) is 5.38 Å². The molecule has 2 aromatic heterocycles. The number of aromatic nitrogens is 1. The molecule has 7 heteroatoms. The van der Waals surface area contributed by atoms with Crippen molar-refractivity contribution in [1.29, 1.82) is 0 Å². The highest BCUT2D eigenvalue weighted by Gasteiger charge is 2.10.